The Morgan fingerprint density at radius 3 is 2.11 bits per heavy atom. The second kappa shape index (κ2) is 29.1. The zero-order valence-corrected chi connectivity index (χ0v) is 25.7. The van der Waals surface area contributed by atoms with Crippen molar-refractivity contribution < 1.29 is 14.3 Å². The molecule has 0 radical (unpaired) electrons. The number of nitrogens with one attached hydrogen (secondary N) is 2. The molecule has 0 aliphatic heterocycles. The molecule has 0 aliphatic carbocycles. The number of nitrogens with two attached hydrogens (primary N) is 1. The van der Waals surface area contributed by atoms with Crippen LogP contribution in [0.4, 0.5) is 0 Å². The summed E-state index contributed by atoms with van der Waals surface area (Å²) < 4.78 is 12.1. The molecule has 1 rings (SSSR count). The molecule has 8 heteroatoms. The van der Waals surface area contributed by atoms with Crippen LogP contribution in [0.2, 0.25) is 0 Å². The van der Waals surface area contributed by atoms with Crippen molar-refractivity contribution in [3.63, 3.8) is 0 Å². The number of amides is 1. The van der Waals surface area contributed by atoms with Gasteiger partial charge in [-0.3, -0.25) is 4.79 Å². The van der Waals surface area contributed by atoms with Crippen LogP contribution in [-0.4, -0.2) is 51.0 Å². The highest BCUT2D eigenvalue weighted by Gasteiger charge is 2.19. The minimum atomic E-state index is -0.245. The predicted octanol–water partition coefficient (Wildman–Crippen LogP) is 6.58. The number of unbranched alkanes of at least 4 members (excludes halogenated alkanes) is 9. The zero-order valence-electron chi connectivity index (χ0n) is 24.1. The summed E-state index contributed by atoms with van der Waals surface area (Å²) in [6.07, 6.45) is 14.6. The molecule has 0 aliphatic rings. The van der Waals surface area contributed by atoms with E-state index in [-0.39, 0.29) is 42.9 Å². The van der Waals surface area contributed by atoms with Crippen LogP contribution < -0.4 is 16.4 Å². The minimum Gasteiger partial charge on any atom is -0.379 e. The van der Waals surface area contributed by atoms with Crippen molar-refractivity contribution in [1.82, 2.24) is 10.6 Å². The lowest BCUT2D eigenvalue weighted by Gasteiger charge is -2.22. The Hall–Kier alpha value is -0.890. The Morgan fingerprint density at radius 2 is 1.47 bits per heavy atom. The fourth-order valence-corrected chi connectivity index (χ4v) is 4.14. The third-order valence-corrected chi connectivity index (χ3v) is 6.46. The summed E-state index contributed by atoms with van der Waals surface area (Å²) in [5, 5.41) is 6.58. The number of carbonyl (C=O) groups is 1. The summed E-state index contributed by atoms with van der Waals surface area (Å²) in [6, 6.07) is 9.96. The van der Waals surface area contributed by atoms with Crippen LogP contribution in [0.1, 0.15) is 103 Å². The third-order valence-electron chi connectivity index (χ3n) is 6.46. The fourth-order valence-electron chi connectivity index (χ4n) is 4.14. The second-order valence-electron chi connectivity index (χ2n) is 9.84. The van der Waals surface area contributed by atoms with E-state index in [2.05, 4.69) is 36.6 Å². The summed E-state index contributed by atoms with van der Waals surface area (Å²) in [7, 11) is 0. The average molecular weight is 579 g/mol. The van der Waals surface area contributed by atoms with E-state index in [0.717, 1.165) is 45.3 Å². The quantitative estimate of drug-likeness (QED) is 0.114. The highest BCUT2D eigenvalue weighted by Crippen LogP contribution is 2.07. The van der Waals surface area contributed by atoms with E-state index in [1.807, 2.05) is 18.2 Å². The summed E-state index contributed by atoms with van der Waals surface area (Å²) in [4.78, 5) is 13.1. The third kappa shape index (κ3) is 22.0. The van der Waals surface area contributed by atoms with Gasteiger partial charge in [0.1, 0.15) is 0 Å². The van der Waals surface area contributed by atoms with Gasteiger partial charge in [0.2, 0.25) is 5.91 Å². The van der Waals surface area contributed by atoms with Crippen LogP contribution in [0, 0.1) is 0 Å². The largest absolute Gasteiger partial charge is 0.379 e. The van der Waals surface area contributed by atoms with Gasteiger partial charge in [-0.1, -0.05) is 102 Å². The van der Waals surface area contributed by atoms with Gasteiger partial charge in [-0.05, 0) is 37.8 Å². The molecule has 2 atom stereocenters. The Bertz CT molecular complexity index is 626. The van der Waals surface area contributed by atoms with Crippen molar-refractivity contribution in [2.24, 2.45) is 5.73 Å². The molecule has 1 aromatic carbocycles. The maximum absolute atomic E-state index is 13.1. The summed E-state index contributed by atoms with van der Waals surface area (Å²) >= 11 is 0. The smallest absolute Gasteiger partial charge is 0.237 e. The predicted molar refractivity (Wildman–Crippen MR) is 166 cm³/mol. The lowest BCUT2D eigenvalue weighted by molar-refractivity contribution is -0.124. The lowest BCUT2D eigenvalue weighted by Crippen LogP contribution is -2.47. The molecule has 1 aromatic rings. The minimum absolute atomic E-state index is 0. The molecular formula is C30H57Cl2N3O3. The van der Waals surface area contributed by atoms with Crippen molar-refractivity contribution in [1.29, 1.82) is 0 Å². The Balaban J connectivity index is 0. The van der Waals surface area contributed by atoms with Gasteiger partial charge in [0.25, 0.3) is 0 Å². The molecule has 2 unspecified atom stereocenters. The molecule has 6 nitrogen and oxygen atoms in total. The van der Waals surface area contributed by atoms with E-state index in [9.17, 15) is 4.79 Å². The topological polar surface area (TPSA) is 85.6 Å². The Kier molecular flexibility index (Phi) is 30.1. The molecule has 0 fully saturated rings. The van der Waals surface area contributed by atoms with Crippen molar-refractivity contribution in [2.75, 3.05) is 32.9 Å². The number of hydrogen-bond acceptors (Lipinski definition) is 5. The van der Waals surface area contributed by atoms with Gasteiger partial charge in [-0.2, -0.15) is 0 Å². The van der Waals surface area contributed by atoms with Crippen molar-refractivity contribution in [3.8, 4) is 0 Å². The van der Waals surface area contributed by atoms with Crippen LogP contribution in [0.25, 0.3) is 0 Å². The van der Waals surface area contributed by atoms with Crippen LogP contribution in [0.5, 0.6) is 0 Å². The molecule has 0 heterocycles. The van der Waals surface area contributed by atoms with Crippen LogP contribution >= 0.6 is 24.8 Å². The molecule has 1 amide bonds. The average Bonchev–Trinajstić information content (AvgIpc) is 2.90. The van der Waals surface area contributed by atoms with Gasteiger partial charge in [0.15, 0.2) is 0 Å². The Labute approximate surface area is 245 Å². The van der Waals surface area contributed by atoms with E-state index >= 15 is 0 Å². The van der Waals surface area contributed by atoms with Gasteiger partial charge in [0, 0.05) is 26.3 Å². The second-order valence-corrected chi connectivity index (χ2v) is 9.84. The standard InChI is InChI=1S/C30H55N3O3.2ClH/c1-3-5-7-9-16-22-35-26-28(36-23-17-10-8-6-4-2)25-33-30(34)29(20-14-15-21-31)32-24-27-18-12-11-13-19-27;;/h11-13,18-19,28-29,32H,3-10,14-17,20-26,31H2,1-2H3,(H,33,34);2*1H. The van der Waals surface area contributed by atoms with Gasteiger partial charge in [-0.15, -0.1) is 24.8 Å². The first-order valence-electron chi connectivity index (χ1n) is 14.7. The van der Waals surface area contributed by atoms with Crippen molar-refractivity contribution in [3.05, 3.63) is 35.9 Å². The van der Waals surface area contributed by atoms with Crippen LogP contribution in [0.3, 0.4) is 0 Å². The number of rotatable bonds is 25. The van der Waals surface area contributed by atoms with E-state index in [4.69, 9.17) is 15.2 Å². The first-order valence-corrected chi connectivity index (χ1v) is 14.7. The number of halogens is 2. The van der Waals surface area contributed by atoms with Crippen molar-refractivity contribution >= 4 is 30.7 Å². The number of hydrogen-bond donors (Lipinski definition) is 3. The molecule has 0 aromatic heterocycles. The molecule has 0 saturated heterocycles. The normalized spacial score (nSPS) is 12.3. The molecular weight excluding hydrogens is 521 g/mol. The molecule has 0 bridgehead atoms. The SMILES string of the molecule is CCCCCCCOCC(CNC(=O)C(CCCCN)NCc1ccccc1)OCCCCCCC.Cl.Cl. The molecule has 0 spiro atoms. The fraction of sp³-hybridized carbons (Fsp3) is 0.767. The van der Waals surface area contributed by atoms with Crippen LogP contribution in [0.15, 0.2) is 30.3 Å². The zero-order chi connectivity index (χ0) is 26.1. The first-order chi connectivity index (χ1) is 17.7. The lowest BCUT2D eigenvalue weighted by atomic mass is 10.1. The van der Waals surface area contributed by atoms with Crippen molar-refractivity contribution in [2.45, 2.75) is 116 Å². The molecule has 224 valence electrons. The maximum Gasteiger partial charge on any atom is 0.237 e. The van der Waals surface area contributed by atoms with E-state index in [0.29, 0.717) is 26.2 Å². The molecule has 4 N–H and O–H groups in total. The summed E-state index contributed by atoms with van der Waals surface area (Å²) in [5.74, 6) is 0.0269. The summed E-state index contributed by atoms with van der Waals surface area (Å²) in [5.41, 5.74) is 6.85. The first kappa shape index (κ1) is 39.3. The number of carbonyl (C=O) groups excluding carboxylic acids is 1. The van der Waals surface area contributed by atoms with Gasteiger partial charge in [0.05, 0.1) is 18.8 Å². The number of benzene rings is 1. The summed E-state index contributed by atoms with van der Waals surface area (Å²) in [6.45, 7) is 8.26. The highest BCUT2D eigenvalue weighted by molar-refractivity contribution is 5.85. The molecule has 0 saturated carbocycles. The highest BCUT2D eigenvalue weighted by atomic mass is 35.5. The van der Waals surface area contributed by atoms with E-state index in [1.165, 1.54) is 56.9 Å². The van der Waals surface area contributed by atoms with Crippen LogP contribution in [-0.2, 0) is 20.8 Å². The van der Waals surface area contributed by atoms with Gasteiger partial charge < -0.3 is 25.8 Å². The number of ether oxygens (including phenoxy) is 2. The van der Waals surface area contributed by atoms with E-state index in [1.54, 1.807) is 0 Å². The van der Waals surface area contributed by atoms with Gasteiger partial charge in [-0.25, -0.2) is 0 Å². The Morgan fingerprint density at radius 1 is 0.842 bits per heavy atom. The van der Waals surface area contributed by atoms with Gasteiger partial charge >= 0.3 is 0 Å². The monoisotopic (exact) mass is 577 g/mol. The molecule has 38 heavy (non-hydrogen) atoms. The van der Waals surface area contributed by atoms with E-state index < -0.39 is 0 Å². The maximum atomic E-state index is 13.1.